The van der Waals surface area contributed by atoms with Gasteiger partial charge in [0.25, 0.3) is 0 Å². The number of imide groups is 1. The average Bonchev–Trinajstić information content (AvgIpc) is 2.98. The largest absolute Gasteiger partial charge is 0.327 e. The van der Waals surface area contributed by atoms with Crippen molar-refractivity contribution in [1.29, 1.82) is 0 Å². The van der Waals surface area contributed by atoms with Crippen LogP contribution in [-0.2, 0) is 9.59 Å². The Labute approximate surface area is 174 Å². The van der Waals surface area contributed by atoms with Crippen molar-refractivity contribution < 1.29 is 9.59 Å². The quantitative estimate of drug-likeness (QED) is 0.361. The van der Waals surface area contributed by atoms with Crippen LogP contribution >= 0.6 is 0 Å². The van der Waals surface area contributed by atoms with Crippen LogP contribution < -0.4 is 5.73 Å². The van der Waals surface area contributed by atoms with Crippen molar-refractivity contribution in [2.45, 2.75) is 75.7 Å². The van der Waals surface area contributed by atoms with Crippen molar-refractivity contribution in [3.8, 4) is 0 Å². The lowest BCUT2D eigenvalue weighted by atomic mass is 9.55. The molecule has 2 fully saturated rings. The minimum absolute atomic E-state index is 0.00165. The minimum atomic E-state index is -0.240. The van der Waals surface area contributed by atoms with Crippen LogP contribution in [-0.4, -0.2) is 29.3 Å². The number of nitrogens with zero attached hydrogens (tertiary/aromatic N) is 1. The first kappa shape index (κ1) is 20.3. The first-order valence-corrected chi connectivity index (χ1v) is 11.5. The highest BCUT2D eigenvalue weighted by Crippen LogP contribution is 2.58. The van der Waals surface area contributed by atoms with Crippen molar-refractivity contribution in [3.63, 3.8) is 0 Å². The lowest BCUT2D eigenvalue weighted by Gasteiger charge is -2.47. The molecular weight excluding hydrogens is 360 g/mol. The fourth-order valence-corrected chi connectivity index (χ4v) is 5.99. The Balaban J connectivity index is 1.33. The number of allylic oxidation sites excluding steroid dienone is 1. The van der Waals surface area contributed by atoms with Crippen molar-refractivity contribution in [1.82, 2.24) is 4.90 Å². The summed E-state index contributed by atoms with van der Waals surface area (Å²) in [6.07, 6.45) is 12.1. The number of hydrogen-bond acceptors (Lipinski definition) is 3. The molecule has 1 aromatic carbocycles. The molecule has 5 rings (SSSR count). The van der Waals surface area contributed by atoms with Gasteiger partial charge in [0.05, 0.1) is 11.8 Å². The SMILES string of the molecule is C=CCCCCCCCCCN1C(=O)[C@@H]2[C@H](C1=O)[C@H]1CC(N)[C@@H]2c2ccccc21. The van der Waals surface area contributed by atoms with Crippen LogP contribution in [0, 0.1) is 11.8 Å². The van der Waals surface area contributed by atoms with E-state index in [0.29, 0.717) is 6.54 Å². The third kappa shape index (κ3) is 3.68. The molecule has 156 valence electrons. The van der Waals surface area contributed by atoms with Crippen LogP contribution in [0.4, 0.5) is 0 Å². The Morgan fingerprint density at radius 1 is 0.897 bits per heavy atom. The molecule has 4 heteroatoms. The van der Waals surface area contributed by atoms with Gasteiger partial charge < -0.3 is 5.73 Å². The summed E-state index contributed by atoms with van der Waals surface area (Å²) in [7, 11) is 0. The molecule has 0 aromatic heterocycles. The van der Waals surface area contributed by atoms with Crippen LogP contribution in [0.2, 0.25) is 0 Å². The van der Waals surface area contributed by atoms with Crippen LogP contribution in [0.25, 0.3) is 0 Å². The highest BCUT2D eigenvalue weighted by atomic mass is 16.2. The molecule has 4 nitrogen and oxygen atoms in total. The average molecular weight is 395 g/mol. The summed E-state index contributed by atoms with van der Waals surface area (Å²) in [5, 5.41) is 0. The van der Waals surface area contributed by atoms with E-state index in [2.05, 4.69) is 18.7 Å². The van der Waals surface area contributed by atoms with E-state index in [1.54, 1.807) is 4.90 Å². The van der Waals surface area contributed by atoms with Gasteiger partial charge in [-0.15, -0.1) is 6.58 Å². The van der Waals surface area contributed by atoms with Gasteiger partial charge in [-0.2, -0.15) is 0 Å². The van der Waals surface area contributed by atoms with E-state index < -0.39 is 0 Å². The number of hydrogen-bond donors (Lipinski definition) is 1. The van der Waals surface area contributed by atoms with Gasteiger partial charge in [-0.1, -0.05) is 62.4 Å². The zero-order valence-electron chi connectivity index (χ0n) is 17.4. The second kappa shape index (κ2) is 8.83. The maximum absolute atomic E-state index is 13.2. The predicted octanol–water partition coefficient (Wildman–Crippen LogP) is 4.51. The number of fused-ring (bicyclic) bond motifs is 1. The van der Waals surface area contributed by atoms with Gasteiger partial charge in [-0.3, -0.25) is 14.5 Å². The first-order valence-electron chi connectivity index (χ1n) is 11.5. The molecule has 2 amide bonds. The summed E-state index contributed by atoms with van der Waals surface area (Å²) in [5.74, 6) is -0.237. The smallest absolute Gasteiger partial charge is 0.233 e. The highest BCUT2D eigenvalue weighted by Gasteiger charge is 2.61. The normalized spacial score (nSPS) is 29.8. The summed E-state index contributed by atoms with van der Waals surface area (Å²) in [6, 6.07) is 8.28. The van der Waals surface area contributed by atoms with Crippen LogP contribution in [0.3, 0.4) is 0 Å². The van der Waals surface area contributed by atoms with Gasteiger partial charge in [0.15, 0.2) is 0 Å². The number of nitrogens with two attached hydrogens (primary N) is 1. The van der Waals surface area contributed by atoms with E-state index in [9.17, 15) is 9.59 Å². The van der Waals surface area contributed by atoms with E-state index >= 15 is 0 Å². The van der Waals surface area contributed by atoms with E-state index in [4.69, 9.17) is 5.73 Å². The first-order chi connectivity index (χ1) is 14.1. The molecule has 1 saturated carbocycles. The second-order valence-electron chi connectivity index (χ2n) is 9.09. The lowest BCUT2D eigenvalue weighted by molar-refractivity contribution is -0.140. The third-order valence-corrected chi connectivity index (χ3v) is 7.34. The second-order valence-corrected chi connectivity index (χ2v) is 9.09. The Hall–Kier alpha value is -1.94. The molecule has 3 aliphatic carbocycles. The molecule has 1 aromatic rings. The van der Waals surface area contributed by atoms with Crippen molar-refractivity contribution >= 4 is 11.8 Å². The number of benzene rings is 1. The number of likely N-dealkylation sites (tertiary alicyclic amines) is 1. The predicted molar refractivity (Wildman–Crippen MR) is 115 cm³/mol. The summed E-state index contributed by atoms with van der Waals surface area (Å²) < 4.78 is 0. The fraction of sp³-hybridized carbons (Fsp3) is 0.600. The Morgan fingerprint density at radius 2 is 1.52 bits per heavy atom. The van der Waals surface area contributed by atoms with Gasteiger partial charge in [-0.25, -0.2) is 0 Å². The summed E-state index contributed by atoms with van der Waals surface area (Å²) in [4.78, 5) is 28.0. The number of unbranched alkanes of at least 4 members (excludes halogenated alkanes) is 7. The number of amides is 2. The van der Waals surface area contributed by atoms with E-state index in [0.717, 1.165) is 25.7 Å². The van der Waals surface area contributed by atoms with E-state index in [-0.39, 0.29) is 41.5 Å². The van der Waals surface area contributed by atoms with Crippen molar-refractivity contribution in [2.75, 3.05) is 6.54 Å². The number of rotatable bonds is 10. The Kier molecular flexibility index (Phi) is 6.19. The number of carbonyl (C=O) groups excluding carboxylic acids is 2. The summed E-state index contributed by atoms with van der Waals surface area (Å²) >= 11 is 0. The minimum Gasteiger partial charge on any atom is -0.327 e. The van der Waals surface area contributed by atoms with Crippen LogP contribution in [0.15, 0.2) is 36.9 Å². The third-order valence-electron chi connectivity index (χ3n) is 7.34. The Bertz CT molecular complexity index is 774. The van der Waals surface area contributed by atoms with Gasteiger partial charge in [-0.05, 0) is 42.7 Å². The number of carbonyl (C=O) groups is 2. The highest BCUT2D eigenvalue weighted by molar-refractivity contribution is 6.06. The summed E-state index contributed by atoms with van der Waals surface area (Å²) in [6.45, 7) is 4.33. The molecular formula is C25H34N2O2. The zero-order chi connectivity index (χ0) is 20.4. The topological polar surface area (TPSA) is 63.4 Å². The summed E-state index contributed by atoms with van der Waals surface area (Å²) in [5.41, 5.74) is 8.91. The molecule has 2 N–H and O–H groups in total. The van der Waals surface area contributed by atoms with Gasteiger partial charge in [0.2, 0.25) is 11.8 Å². The zero-order valence-corrected chi connectivity index (χ0v) is 17.4. The molecule has 0 radical (unpaired) electrons. The lowest BCUT2D eigenvalue weighted by Crippen LogP contribution is -2.50. The van der Waals surface area contributed by atoms with Gasteiger partial charge in [0.1, 0.15) is 0 Å². The molecule has 5 atom stereocenters. The molecule has 2 bridgehead atoms. The molecule has 1 heterocycles. The Morgan fingerprint density at radius 3 is 2.24 bits per heavy atom. The van der Waals surface area contributed by atoms with Crippen LogP contribution in [0.1, 0.15) is 80.8 Å². The molecule has 1 unspecified atom stereocenters. The van der Waals surface area contributed by atoms with Gasteiger partial charge >= 0.3 is 0 Å². The molecule has 1 aliphatic heterocycles. The van der Waals surface area contributed by atoms with Gasteiger partial charge in [0, 0.05) is 18.5 Å². The maximum atomic E-state index is 13.2. The van der Waals surface area contributed by atoms with Crippen molar-refractivity contribution in [2.24, 2.45) is 17.6 Å². The van der Waals surface area contributed by atoms with E-state index in [1.165, 1.54) is 43.2 Å². The molecule has 4 aliphatic rings. The van der Waals surface area contributed by atoms with E-state index in [1.807, 2.05) is 18.2 Å². The monoisotopic (exact) mass is 394 g/mol. The van der Waals surface area contributed by atoms with Crippen molar-refractivity contribution in [3.05, 3.63) is 48.0 Å². The van der Waals surface area contributed by atoms with Crippen LogP contribution in [0.5, 0.6) is 0 Å². The fourth-order valence-electron chi connectivity index (χ4n) is 5.99. The molecule has 0 spiro atoms. The standard InChI is InChI=1S/C25H34N2O2/c1-2-3-4-5-6-7-8-9-12-15-27-24(28)22-19-16-20(26)21(23(22)25(27)29)18-14-11-10-13-17(18)19/h2,10-11,13-14,19-23H,1,3-9,12,15-16,26H2/t19-,20?,21-,22+,23-/m0/s1. The maximum Gasteiger partial charge on any atom is 0.233 e. The molecule has 29 heavy (non-hydrogen) atoms. The molecule has 1 saturated heterocycles.